The summed E-state index contributed by atoms with van der Waals surface area (Å²) in [6, 6.07) is 18.9. The number of amides is 1. The van der Waals surface area contributed by atoms with Crippen molar-refractivity contribution in [3.05, 3.63) is 71.3 Å². The van der Waals surface area contributed by atoms with Crippen molar-refractivity contribution in [2.45, 2.75) is 32.4 Å². The molecule has 0 unspecified atom stereocenters. The summed E-state index contributed by atoms with van der Waals surface area (Å²) in [5, 5.41) is 0. The highest BCUT2D eigenvalue weighted by molar-refractivity contribution is 5.94. The zero-order chi connectivity index (χ0) is 17.2. The number of carbonyl (C=O) groups excluding carboxylic acids is 1. The highest BCUT2D eigenvalue weighted by Gasteiger charge is 2.36. The van der Waals surface area contributed by atoms with Gasteiger partial charge in [-0.05, 0) is 48.9 Å². The first-order valence-electron chi connectivity index (χ1n) is 9.33. The van der Waals surface area contributed by atoms with Gasteiger partial charge < -0.3 is 4.90 Å². The quantitative estimate of drug-likeness (QED) is 0.854. The summed E-state index contributed by atoms with van der Waals surface area (Å²) >= 11 is 0. The fourth-order valence-electron chi connectivity index (χ4n) is 4.31. The molecule has 0 aliphatic carbocycles. The van der Waals surface area contributed by atoms with Crippen LogP contribution in [-0.2, 0) is 6.54 Å². The summed E-state index contributed by atoms with van der Waals surface area (Å²) in [7, 11) is 0. The third-order valence-corrected chi connectivity index (χ3v) is 5.77. The fourth-order valence-corrected chi connectivity index (χ4v) is 4.31. The summed E-state index contributed by atoms with van der Waals surface area (Å²) in [6.07, 6.45) is 2.45. The van der Waals surface area contributed by atoms with Crippen molar-refractivity contribution < 1.29 is 4.79 Å². The van der Waals surface area contributed by atoms with Gasteiger partial charge in [0.1, 0.15) is 0 Å². The molecule has 2 bridgehead atoms. The van der Waals surface area contributed by atoms with E-state index in [0.29, 0.717) is 12.0 Å². The molecule has 3 nitrogen and oxygen atoms in total. The van der Waals surface area contributed by atoms with Crippen molar-refractivity contribution in [2.75, 3.05) is 19.6 Å². The second-order valence-electron chi connectivity index (χ2n) is 7.53. The van der Waals surface area contributed by atoms with Crippen LogP contribution in [0.2, 0.25) is 0 Å². The first-order chi connectivity index (χ1) is 12.2. The fraction of sp³-hybridized carbons (Fsp3) is 0.409. The summed E-state index contributed by atoms with van der Waals surface area (Å²) in [4.78, 5) is 17.6. The summed E-state index contributed by atoms with van der Waals surface area (Å²) < 4.78 is 0. The lowest BCUT2D eigenvalue weighted by Crippen LogP contribution is -2.44. The molecule has 0 saturated carbocycles. The lowest BCUT2D eigenvalue weighted by molar-refractivity contribution is 0.0736. The molecule has 5 rings (SSSR count). The zero-order valence-electron chi connectivity index (χ0n) is 14.9. The van der Waals surface area contributed by atoms with E-state index in [1.807, 2.05) is 30.3 Å². The lowest BCUT2D eigenvalue weighted by Gasteiger charge is -2.36. The molecule has 0 N–H and O–H groups in total. The van der Waals surface area contributed by atoms with Crippen molar-refractivity contribution in [2.24, 2.45) is 5.92 Å². The SMILES string of the molecule is Cc1ccccc1CN1C[C@H]2CC[C@@H]1CN(C(=O)c1ccccc1)C2. The Hall–Kier alpha value is -2.13. The second-order valence-corrected chi connectivity index (χ2v) is 7.53. The van der Waals surface area contributed by atoms with Crippen LogP contribution in [0.25, 0.3) is 0 Å². The Kier molecular flexibility index (Phi) is 4.58. The number of rotatable bonds is 3. The van der Waals surface area contributed by atoms with E-state index >= 15 is 0 Å². The molecular formula is C22H26N2O. The lowest BCUT2D eigenvalue weighted by atomic mass is 9.94. The smallest absolute Gasteiger partial charge is 0.253 e. The molecule has 3 saturated heterocycles. The number of aryl methyl sites for hydroxylation is 1. The minimum atomic E-state index is 0.190. The van der Waals surface area contributed by atoms with Crippen LogP contribution in [0.1, 0.15) is 34.3 Å². The number of piperidine rings is 1. The molecule has 2 atom stereocenters. The van der Waals surface area contributed by atoms with E-state index in [-0.39, 0.29) is 5.91 Å². The zero-order valence-corrected chi connectivity index (χ0v) is 14.9. The first-order valence-corrected chi connectivity index (χ1v) is 9.33. The van der Waals surface area contributed by atoms with Gasteiger partial charge in [0.25, 0.3) is 5.91 Å². The summed E-state index contributed by atoms with van der Waals surface area (Å²) in [5.41, 5.74) is 3.59. The molecule has 1 amide bonds. The van der Waals surface area contributed by atoms with Crippen LogP contribution >= 0.6 is 0 Å². The Morgan fingerprint density at radius 2 is 1.72 bits per heavy atom. The third kappa shape index (κ3) is 3.47. The van der Waals surface area contributed by atoms with Gasteiger partial charge in [0.2, 0.25) is 0 Å². The maximum atomic E-state index is 12.9. The molecule has 3 heterocycles. The van der Waals surface area contributed by atoms with Gasteiger partial charge in [-0.25, -0.2) is 0 Å². The molecule has 0 aromatic heterocycles. The minimum Gasteiger partial charge on any atom is -0.337 e. The first kappa shape index (κ1) is 16.3. The minimum absolute atomic E-state index is 0.190. The average Bonchev–Trinajstić information content (AvgIpc) is 2.95. The van der Waals surface area contributed by atoms with Gasteiger partial charge in [-0.1, -0.05) is 42.5 Å². The Labute approximate surface area is 150 Å². The van der Waals surface area contributed by atoms with Crippen molar-refractivity contribution in [1.82, 2.24) is 9.80 Å². The number of nitrogens with zero attached hydrogens (tertiary/aromatic N) is 2. The van der Waals surface area contributed by atoms with Gasteiger partial charge in [0, 0.05) is 37.8 Å². The predicted molar refractivity (Wildman–Crippen MR) is 100 cm³/mol. The molecule has 3 fully saturated rings. The number of benzene rings is 2. The van der Waals surface area contributed by atoms with E-state index in [1.165, 1.54) is 24.0 Å². The van der Waals surface area contributed by atoms with E-state index in [2.05, 4.69) is 41.0 Å². The van der Waals surface area contributed by atoms with Gasteiger partial charge in [0.15, 0.2) is 0 Å². The maximum Gasteiger partial charge on any atom is 0.253 e. The van der Waals surface area contributed by atoms with E-state index in [1.54, 1.807) is 0 Å². The van der Waals surface area contributed by atoms with Gasteiger partial charge in [-0.15, -0.1) is 0 Å². The van der Waals surface area contributed by atoms with Gasteiger partial charge in [-0.2, -0.15) is 0 Å². The van der Waals surface area contributed by atoms with Crippen molar-refractivity contribution in [1.29, 1.82) is 0 Å². The van der Waals surface area contributed by atoms with Crippen LogP contribution < -0.4 is 0 Å². The molecule has 0 radical (unpaired) electrons. The predicted octanol–water partition coefficient (Wildman–Crippen LogP) is 3.73. The van der Waals surface area contributed by atoms with Crippen molar-refractivity contribution in [3.8, 4) is 0 Å². The van der Waals surface area contributed by atoms with Gasteiger partial charge in [-0.3, -0.25) is 9.69 Å². The molecule has 0 spiro atoms. The Balaban J connectivity index is 1.51. The van der Waals surface area contributed by atoms with Crippen LogP contribution in [0.4, 0.5) is 0 Å². The summed E-state index contributed by atoms with van der Waals surface area (Å²) in [5.74, 6) is 0.783. The second kappa shape index (κ2) is 7.01. The van der Waals surface area contributed by atoms with E-state index < -0.39 is 0 Å². The number of hydrogen-bond donors (Lipinski definition) is 0. The Morgan fingerprint density at radius 3 is 2.52 bits per heavy atom. The molecule has 3 aliphatic heterocycles. The van der Waals surface area contributed by atoms with Crippen LogP contribution in [0.3, 0.4) is 0 Å². The number of fused-ring (bicyclic) bond motifs is 4. The highest BCUT2D eigenvalue weighted by atomic mass is 16.2. The molecule has 130 valence electrons. The standard InChI is InChI=1S/C22H26N2O/c1-17-7-5-6-10-20(17)15-23-13-18-11-12-21(23)16-24(14-18)22(25)19-8-3-2-4-9-19/h2-10,18,21H,11-16H2,1H3/t18-,21-/m1/s1. The van der Waals surface area contributed by atoms with E-state index in [0.717, 1.165) is 31.7 Å². The Bertz CT molecular complexity index is 743. The molecule has 2 aromatic rings. The van der Waals surface area contributed by atoms with E-state index in [4.69, 9.17) is 0 Å². The third-order valence-electron chi connectivity index (χ3n) is 5.77. The van der Waals surface area contributed by atoms with Crippen LogP contribution in [0.15, 0.2) is 54.6 Å². The molecular weight excluding hydrogens is 308 g/mol. The summed E-state index contributed by atoms with van der Waals surface area (Å²) in [6.45, 7) is 6.06. The molecule has 3 heteroatoms. The Morgan fingerprint density at radius 1 is 0.960 bits per heavy atom. The molecule has 2 aromatic carbocycles. The van der Waals surface area contributed by atoms with Crippen LogP contribution in [-0.4, -0.2) is 41.4 Å². The van der Waals surface area contributed by atoms with Gasteiger partial charge in [0.05, 0.1) is 0 Å². The van der Waals surface area contributed by atoms with Crippen LogP contribution in [0.5, 0.6) is 0 Å². The van der Waals surface area contributed by atoms with Crippen LogP contribution in [0, 0.1) is 12.8 Å². The number of carbonyl (C=O) groups is 1. The van der Waals surface area contributed by atoms with Crippen molar-refractivity contribution in [3.63, 3.8) is 0 Å². The van der Waals surface area contributed by atoms with Gasteiger partial charge >= 0.3 is 0 Å². The average molecular weight is 334 g/mol. The highest BCUT2D eigenvalue weighted by Crippen LogP contribution is 2.30. The normalized spacial score (nSPS) is 23.5. The topological polar surface area (TPSA) is 23.6 Å². The number of hydrogen-bond acceptors (Lipinski definition) is 2. The monoisotopic (exact) mass is 334 g/mol. The molecule has 3 aliphatic rings. The maximum absolute atomic E-state index is 12.9. The van der Waals surface area contributed by atoms with Crippen molar-refractivity contribution >= 4 is 5.91 Å². The van der Waals surface area contributed by atoms with E-state index in [9.17, 15) is 4.79 Å². The largest absolute Gasteiger partial charge is 0.337 e. The molecule has 25 heavy (non-hydrogen) atoms.